The van der Waals surface area contributed by atoms with Crippen molar-refractivity contribution in [2.75, 3.05) is 0 Å². The van der Waals surface area contributed by atoms with Gasteiger partial charge in [0.1, 0.15) is 34.7 Å². The largest absolute Gasteiger partial charge is 0.446 e. The van der Waals surface area contributed by atoms with Gasteiger partial charge in [-0.2, -0.15) is 0 Å². The van der Waals surface area contributed by atoms with Gasteiger partial charge in [-0.05, 0) is 85.1 Å². The predicted molar refractivity (Wildman–Crippen MR) is 188 cm³/mol. The molecule has 8 heterocycles. The summed E-state index contributed by atoms with van der Waals surface area (Å²) >= 11 is 0. The van der Waals surface area contributed by atoms with Crippen molar-refractivity contribution in [3.63, 3.8) is 0 Å². The van der Waals surface area contributed by atoms with Gasteiger partial charge in [0.05, 0.1) is 19.1 Å². The van der Waals surface area contributed by atoms with Crippen LogP contribution in [-0.4, -0.2) is 45.2 Å². The molecular weight excluding hydrogens is 605 g/mol. The van der Waals surface area contributed by atoms with E-state index in [-0.39, 0.29) is 0 Å². The molecule has 4 aromatic heterocycles. The van der Waals surface area contributed by atoms with Gasteiger partial charge in [-0.25, -0.2) is 19.9 Å². The SMILES string of the molecule is Cc1cc2ccc1C[Si](C)(C)c1ccc(cc1C)-n1cnc3ccc4oc(nc4c31)[Si](C)(C)Cc1nc3c(ccc4ncn-2c43)o1. The maximum atomic E-state index is 6.52. The van der Waals surface area contributed by atoms with Crippen LogP contribution < -0.4 is 10.7 Å². The minimum atomic E-state index is -2.28. The summed E-state index contributed by atoms with van der Waals surface area (Å²) in [4.78, 5) is 19.8. The molecule has 0 unspecified atom stereocenters. The fourth-order valence-electron chi connectivity index (χ4n) is 7.39. The molecule has 0 saturated carbocycles. The minimum absolute atomic E-state index is 0.653. The molecule has 10 heteroatoms. The van der Waals surface area contributed by atoms with Crippen molar-refractivity contribution in [1.82, 2.24) is 29.1 Å². The lowest BCUT2D eigenvalue weighted by molar-refractivity contribution is 0.550. The van der Waals surface area contributed by atoms with E-state index >= 15 is 0 Å². The fraction of sp³-hybridized carbons (Fsp3) is 0.222. The Labute approximate surface area is 267 Å². The summed E-state index contributed by atoms with van der Waals surface area (Å²) < 4.78 is 17.2. The smallest absolute Gasteiger partial charge is 0.193 e. The zero-order valence-electron chi connectivity index (χ0n) is 26.8. The maximum Gasteiger partial charge on any atom is 0.193 e. The molecule has 4 aliphatic heterocycles. The van der Waals surface area contributed by atoms with Gasteiger partial charge < -0.3 is 8.83 Å². The average Bonchev–Trinajstić information content (AvgIpc) is 3.80. The Balaban J connectivity index is 1.30. The van der Waals surface area contributed by atoms with Gasteiger partial charge in [-0.1, -0.05) is 43.5 Å². The van der Waals surface area contributed by atoms with Gasteiger partial charge in [0.15, 0.2) is 30.6 Å². The van der Waals surface area contributed by atoms with Gasteiger partial charge in [0.25, 0.3) is 0 Å². The molecule has 0 N–H and O–H groups in total. The van der Waals surface area contributed by atoms with E-state index in [4.69, 9.17) is 28.8 Å². The van der Waals surface area contributed by atoms with E-state index in [0.29, 0.717) is 11.9 Å². The number of aryl methyl sites for hydroxylation is 2. The first-order valence-electron chi connectivity index (χ1n) is 15.8. The van der Waals surface area contributed by atoms with Gasteiger partial charge in [-0.15, -0.1) is 0 Å². The molecule has 0 fully saturated rings. The molecule has 4 aromatic carbocycles. The number of hydrogen-bond donors (Lipinski definition) is 0. The standard InChI is InChI=1S/C36H34N6O2Si2/c1-21-15-24-8-7-23(21)17-45(3,4)30-14-9-25(16-22(30)2)42-20-38-27-11-13-29-33(35(27)42)40-36(44-29)46(5,6)18-31-39-32-28(43-31)12-10-26-34(32)41(24)19-37-26/h7-16,19-20H,17-18H2,1-6H3. The van der Waals surface area contributed by atoms with E-state index in [1.807, 2.05) is 36.9 Å². The maximum absolute atomic E-state index is 6.52. The topological polar surface area (TPSA) is 87.7 Å². The molecule has 12 rings (SSSR count). The summed E-state index contributed by atoms with van der Waals surface area (Å²) in [5.74, 6) is 0.695. The summed E-state index contributed by atoms with van der Waals surface area (Å²) in [5, 5.41) is 1.47. The molecule has 0 radical (unpaired) electrons. The third kappa shape index (κ3) is 4.02. The molecule has 228 valence electrons. The molecule has 0 amide bonds. The van der Waals surface area contributed by atoms with Crippen LogP contribution in [0.15, 0.2) is 82.2 Å². The van der Waals surface area contributed by atoms with Crippen LogP contribution in [0.3, 0.4) is 0 Å². The third-order valence-corrected chi connectivity index (χ3v) is 15.6. The van der Waals surface area contributed by atoms with Crippen LogP contribution in [-0.2, 0) is 12.1 Å². The van der Waals surface area contributed by atoms with Gasteiger partial charge in [-0.3, -0.25) is 9.13 Å². The second-order valence-corrected chi connectivity index (χ2v) is 23.4. The van der Waals surface area contributed by atoms with Crippen molar-refractivity contribution in [3.05, 3.63) is 95.9 Å². The first-order valence-corrected chi connectivity index (χ1v) is 22.2. The van der Waals surface area contributed by atoms with Crippen molar-refractivity contribution < 1.29 is 8.83 Å². The Morgan fingerprint density at radius 1 is 0.630 bits per heavy atom. The highest BCUT2D eigenvalue weighted by atomic mass is 28.3. The van der Waals surface area contributed by atoms with Gasteiger partial charge >= 0.3 is 0 Å². The number of imidazole rings is 2. The molecule has 46 heavy (non-hydrogen) atoms. The van der Waals surface area contributed by atoms with Crippen LogP contribution in [0.1, 0.15) is 22.6 Å². The molecule has 0 atom stereocenters. The zero-order valence-corrected chi connectivity index (χ0v) is 28.8. The van der Waals surface area contributed by atoms with Crippen molar-refractivity contribution >= 4 is 71.1 Å². The molecule has 0 spiro atoms. The molecule has 0 aliphatic carbocycles. The second kappa shape index (κ2) is 9.37. The Kier molecular flexibility index (Phi) is 5.60. The molecular formula is C36H34N6O2Si2. The van der Waals surface area contributed by atoms with E-state index in [0.717, 1.165) is 67.2 Å². The van der Waals surface area contributed by atoms with Crippen LogP contribution in [0.4, 0.5) is 0 Å². The number of hydrogen-bond acceptors (Lipinski definition) is 6. The van der Waals surface area contributed by atoms with E-state index in [9.17, 15) is 0 Å². The third-order valence-electron chi connectivity index (χ3n) is 9.80. The summed E-state index contributed by atoms with van der Waals surface area (Å²) in [6.07, 6.45) is 3.81. The fourth-order valence-corrected chi connectivity index (χ4v) is 12.5. The highest BCUT2D eigenvalue weighted by molar-refractivity contribution is 6.89. The van der Waals surface area contributed by atoms with Crippen molar-refractivity contribution in [2.24, 2.45) is 0 Å². The lowest BCUT2D eigenvalue weighted by Crippen LogP contribution is -2.45. The molecule has 8 bridgehead atoms. The van der Waals surface area contributed by atoms with Crippen LogP contribution in [0.2, 0.25) is 26.2 Å². The van der Waals surface area contributed by atoms with Crippen molar-refractivity contribution in [3.8, 4) is 11.4 Å². The van der Waals surface area contributed by atoms with Crippen molar-refractivity contribution in [1.29, 1.82) is 0 Å². The Morgan fingerprint density at radius 3 is 1.89 bits per heavy atom. The van der Waals surface area contributed by atoms with E-state index in [1.165, 1.54) is 21.9 Å². The Morgan fingerprint density at radius 2 is 1.24 bits per heavy atom. The summed E-state index contributed by atoms with van der Waals surface area (Å²) in [7, 11) is -4.14. The first kappa shape index (κ1) is 27.5. The number of nitrogens with zero attached hydrogens (tertiary/aromatic N) is 6. The monoisotopic (exact) mass is 638 g/mol. The van der Waals surface area contributed by atoms with Crippen LogP contribution in [0, 0.1) is 13.8 Å². The number of rotatable bonds is 0. The number of benzene rings is 4. The Hall–Kier alpha value is -4.81. The first-order chi connectivity index (χ1) is 22.1. The molecule has 0 saturated heterocycles. The van der Waals surface area contributed by atoms with Crippen LogP contribution in [0.5, 0.6) is 0 Å². The normalized spacial score (nSPS) is 15.8. The molecule has 4 aliphatic rings. The molecule has 8 aromatic rings. The summed E-state index contributed by atoms with van der Waals surface area (Å²) in [6, 6.07) is 23.4. The Bertz CT molecular complexity index is 2530. The highest BCUT2D eigenvalue weighted by Gasteiger charge is 2.34. The summed E-state index contributed by atoms with van der Waals surface area (Å²) in [5.41, 5.74) is 13.8. The van der Waals surface area contributed by atoms with Gasteiger partial charge in [0, 0.05) is 17.4 Å². The average molecular weight is 639 g/mol. The minimum Gasteiger partial charge on any atom is -0.446 e. The lowest BCUT2D eigenvalue weighted by Gasteiger charge is -2.27. The van der Waals surface area contributed by atoms with Crippen molar-refractivity contribution in [2.45, 2.75) is 52.1 Å². The number of aromatic nitrogens is 6. The molecule has 8 nitrogen and oxygen atoms in total. The van der Waals surface area contributed by atoms with Gasteiger partial charge in [0.2, 0.25) is 0 Å². The summed E-state index contributed by atoms with van der Waals surface area (Å²) in [6.45, 7) is 13.9. The van der Waals surface area contributed by atoms with E-state index in [1.54, 1.807) is 0 Å². The van der Waals surface area contributed by atoms with E-state index < -0.39 is 16.1 Å². The predicted octanol–water partition coefficient (Wildman–Crippen LogP) is 6.97. The zero-order chi connectivity index (χ0) is 31.5. The lowest BCUT2D eigenvalue weighted by atomic mass is 10.1. The van der Waals surface area contributed by atoms with Crippen LogP contribution >= 0.6 is 0 Å². The van der Waals surface area contributed by atoms with Crippen LogP contribution in [0.25, 0.3) is 55.6 Å². The second-order valence-electron chi connectivity index (χ2n) is 14.1. The van der Waals surface area contributed by atoms with E-state index in [2.05, 4.69) is 85.6 Å². The highest BCUT2D eigenvalue weighted by Crippen LogP contribution is 2.31. The number of oxazole rings is 2. The quantitative estimate of drug-likeness (QED) is 0.167.